The molecule has 1 aliphatic rings. The number of hydrogen-bond donors (Lipinski definition) is 0. The van der Waals surface area contributed by atoms with Crippen molar-refractivity contribution in [2.45, 2.75) is 26.2 Å². The quantitative estimate of drug-likeness (QED) is 0.751. The fraction of sp³-hybridized carbons (Fsp3) is 0.667. The molecule has 2 rings (SSSR count). The summed E-state index contributed by atoms with van der Waals surface area (Å²) in [6, 6.07) is 4.05. The number of ether oxygens (including phenoxy) is 1. The second-order valence-electron chi connectivity index (χ2n) is 5.22. The molecule has 1 saturated heterocycles. The molecule has 0 spiro atoms. The molecular formula is C15H23NO2S. The van der Waals surface area contributed by atoms with E-state index in [1.165, 1.54) is 4.88 Å². The molecule has 0 aromatic carbocycles. The van der Waals surface area contributed by atoms with Crippen molar-refractivity contribution >= 4 is 17.1 Å². The third-order valence-corrected chi connectivity index (χ3v) is 5.03. The fourth-order valence-corrected chi connectivity index (χ4v) is 3.42. The maximum atomic E-state index is 12.2. The van der Waals surface area contributed by atoms with Crippen LogP contribution in [-0.4, -0.2) is 44.0 Å². The van der Waals surface area contributed by atoms with Crippen molar-refractivity contribution in [1.29, 1.82) is 0 Å². The van der Waals surface area contributed by atoms with Crippen molar-refractivity contribution in [3.8, 4) is 0 Å². The zero-order valence-electron chi connectivity index (χ0n) is 11.9. The molecule has 0 unspecified atom stereocenters. The molecule has 0 radical (unpaired) electrons. The van der Waals surface area contributed by atoms with Gasteiger partial charge in [-0.2, -0.15) is 0 Å². The van der Waals surface area contributed by atoms with Gasteiger partial charge in [0.25, 0.3) is 0 Å². The van der Waals surface area contributed by atoms with E-state index in [0.29, 0.717) is 12.5 Å². The molecule has 2 heterocycles. The summed E-state index contributed by atoms with van der Waals surface area (Å²) < 4.78 is 5.20. The average molecular weight is 281 g/mol. The minimum Gasteiger partial charge on any atom is -0.384 e. The van der Waals surface area contributed by atoms with Crippen LogP contribution in [0.15, 0.2) is 12.1 Å². The van der Waals surface area contributed by atoms with E-state index in [0.717, 1.165) is 43.8 Å². The topological polar surface area (TPSA) is 29.5 Å². The maximum absolute atomic E-state index is 12.2. The van der Waals surface area contributed by atoms with E-state index in [2.05, 4.69) is 17.9 Å². The number of Topliss-reactive ketones (excluding diaryl/α,β-unsaturated/α-hetero) is 1. The van der Waals surface area contributed by atoms with Gasteiger partial charge >= 0.3 is 0 Å². The van der Waals surface area contributed by atoms with Gasteiger partial charge in [-0.05, 0) is 50.4 Å². The van der Waals surface area contributed by atoms with Crippen molar-refractivity contribution in [2.75, 3.05) is 33.4 Å². The van der Waals surface area contributed by atoms with E-state index in [9.17, 15) is 4.79 Å². The predicted molar refractivity (Wildman–Crippen MR) is 79.1 cm³/mol. The summed E-state index contributed by atoms with van der Waals surface area (Å²) in [5.41, 5.74) is 0. The SMILES string of the molecule is CCc1ccc(C(=O)CN2CCC(COC)CC2)s1. The average Bonchev–Trinajstić information content (AvgIpc) is 2.90. The first kappa shape index (κ1) is 14.7. The monoisotopic (exact) mass is 281 g/mol. The second-order valence-corrected chi connectivity index (χ2v) is 6.39. The minimum absolute atomic E-state index is 0.273. The number of carbonyl (C=O) groups excluding carboxylic acids is 1. The third-order valence-electron chi connectivity index (χ3n) is 3.76. The van der Waals surface area contributed by atoms with Gasteiger partial charge in [0.2, 0.25) is 0 Å². The molecule has 1 aliphatic heterocycles. The molecule has 0 N–H and O–H groups in total. The maximum Gasteiger partial charge on any atom is 0.186 e. The molecule has 1 aromatic rings. The lowest BCUT2D eigenvalue weighted by molar-refractivity contribution is 0.0813. The normalized spacial score (nSPS) is 17.8. The number of nitrogens with zero attached hydrogens (tertiary/aromatic N) is 1. The summed E-state index contributed by atoms with van der Waals surface area (Å²) >= 11 is 1.64. The summed E-state index contributed by atoms with van der Waals surface area (Å²) in [4.78, 5) is 16.7. The van der Waals surface area contributed by atoms with Crippen LogP contribution in [0.1, 0.15) is 34.3 Å². The molecule has 0 aliphatic carbocycles. The van der Waals surface area contributed by atoms with Crippen LogP contribution in [-0.2, 0) is 11.2 Å². The molecule has 19 heavy (non-hydrogen) atoms. The first-order valence-corrected chi connectivity index (χ1v) is 7.87. The highest BCUT2D eigenvalue weighted by atomic mass is 32.1. The fourth-order valence-electron chi connectivity index (χ4n) is 2.55. The van der Waals surface area contributed by atoms with E-state index in [1.54, 1.807) is 18.4 Å². The van der Waals surface area contributed by atoms with E-state index < -0.39 is 0 Å². The molecule has 1 aromatic heterocycles. The van der Waals surface area contributed by atoms with Crippen LogP contribution in [0.5, 0.6) is 0 Å². The number of piperidine rings is 1. The van der Waals surface area contributed by atoms with Crippen molar-refractivity contribution in [2.24, 2.45) is 5.92 Å². The Kier molecular flexibility index (Phi) is 5.55. The lowest BCUT2D eigenvalue weighted by Crippen LogP contribution is -2.38. The highest BCUT2D eigenvalue weighted by Gasteiger charge is 2.21. The van der Waals surface area contributed by atoms with Crippen molar-refractivity contribution in [3.63, 3.8) is 0 Å². The van der Waals surface area contributed by atoms with E-state index in [-0.39, 0.29) is 5.78 Å². The Hall–Kier alpha value is -0.710. The van der Waals surface area contributed by atoms with Gasteiger partial charge in [0.05, 0.1) is 11.4 Å². The number of likely N-dealkylation sites (tertiary alicyclic amines) is 1. The number of ketones is 1. The first-order chi connectivity index (χ1) is 9.22. The minimum atomic E-state index is 0.273. The van der Waals surface area contributed by atoms with Gasteiger partial charge in [-0.25, -0.2) is 0 Å². The van der Waals surface area contributed by atoms with Gasteiger partial charge in [0.1, 0.15) is 0 Å². The smallest absolute Gasteiger partial charge is 0.186 e. The number of hydrogen-bond acceptors (Lipinski definition) is 4. The summed E-state index contributed by atoms with van der Waals surface area (Å²) in [6.07, 6.45) is 3.30. The Balaban J connectivity index is 1.80. The molecule has 4 heteroatoms. The lowest BCUT2D eigenvalue weighted by Gasteiger charge is -2.30. The highest BCUT2D eigenvalue weighted by molar-refractivity contribution is 7.14. The standard InChI is InChI=1S/C15H23NO2S/c1-3-13-4-5-15(19-13)14(17)10-16-8-6-12(7-9-16)11-18-2/h4-5,12H,3,6-11H2,1-2H3. The number of rotatable bonds is 6. The summed E-state index contributed by atoms with van der Waals surface area (Å²) in [5, 5.41) is 0. The lowest BCUT2D eigenvalue weighted by atomic mass is 9.97. The summed E-state index contributed by atoms with van der Waals surface area (Å²) in [5.74, 6) is 0.944. The molecule has 0 bridgehead atoms. The number of thiophene rings is 1. The zero-order valence-corrected chi connectivity index (χ0v) is 12.7. The predicted octanol–water partition coefficient (Wildman–Crippen LogP) is 2.85. The van der Waals surface area contributed by atoms with Crippen LogP contribution in [0, 0.1) is 5.92 Å². The van der Waals surface area contributed by atoms with E-state index in [4.69, 9.17) is 4.74 Å². The Morgan fingerprint density at radius 2 is 2.16 bits per heavy atom. The molecule has 0 amide bonds. The first-order valence-electron chi connectivity index (χ1n) is 7.06. The molecular weight excluding hydrogens is 258 g/mol. The van der Waals surface area contributed by atoms with Crippen LogP contribution >= 0.6 is 11.3 Å². The van der Waals surface area contributed by atoms with Gasteiger partial charge in [-0.3, -0.25) is 9.69 Å². The third kappa shape index (κ3) is 4.13. The Bertz CT molecular complexity index is 408. The van der Waals surface area contributed by atoms with Crippen LogP contribution in [0.3, 0.4) is 0 Å². The van der Waals surface area contributed by atoms with Crippen LogP contribution in [0.25, 0.3) is 0 Å². The van der Waals surface area contributed by atoms with Crippen molar-refractivity contribution in [3.05, 3.63) is 21.9 Å². The number of aryl methyl sites for hydroxylation is 1. The van der Waals surface area contributed by atoms with E-state index >= 15 is 0 Å². The Morgan fingerprint density at radius 1 is 1.42 bits per heavy atom. The Labute approximate surface area is 119 Å². The van der Waals surface area contributed by atoms with Crippen LogP contribution in [0.4, 0.5) is 0 Å². The summed E-state index contributed by atoms with van der Waals surface area (Å²) in [6.45, 7) is 5.59. The van der Waals surface area contributed by atoms with Gasteiger partial charge in [0, 0.05) is 18.6 Å². The Morgan fingerprint density at radius 3 is 2.74 bits per heavy atom. The van der Waals surface area contributed by atoms with Gasteiger partial charge < -0.3 is 4.74 Å². The van der Waals surface area contributed by atoms with Crippen molar-refractivity contribution < 1.29 is 9.53 Å². The molecule has 106 valence electrons. The number of carbonyl (C=O) groups is 1. The number of methoxy groups -OCH3 is 1. The summed E-state index contributed by atoms with van der Waals surface area (Å²) in [7, 11) is 1.76. The zero-order chi connectivity index (χ0) is 13.7. The van der Waals surface area contributed by atoms with Crippen LogP contribution in [0.2, 0.25) is 0 Å². The molecule has 0 atom stereocenters. The van der Waals surface area contributed by atoms with Crippen LogP contribution < -0.4 is 0 Å². The molecule has 0 saturated carbocycles. The van der Waals surface area contributed by atoms with Crippen molar-refractivity contribution in [1.82, 2.24) is 4.90 Å². The van der Waals surface area contributed by atoms with Gasteiger partial charge in [0.15, 0.2) is 5.78 Å². The van der Waals surface area contributed by atoms with Gasteiger partial charge in [-0.15, -0.1) is 11.3 Å². The van der Waals surface area contributed by atoms with E-state index in [1.807, 2.05) is 6.07 Å². The molecule has 3 nitrogen and oxygen atoms in total. The largest absolute Gasteiger partial charge is 0.384 e. The highest BCUT2D eigenvalue weighted by Crippen LogP contribution is 2.20. The second kappa shape index (κ2) is 7.17. The molecule has 1 fully saturated rings. The van der Waals surface area contributed by atoms with Gasteiger partial charge in [-0.1, -0.05) is 6.92 Å².